The highest BCUT2D eigenvalue weighted by atomic mass is 16.2. The third-order valence-electron chi connectivity index (χ3n) is 2.58. The molecule has 0 spiro atoms. The summed E-state index contributed by atoms with van der Waals surface area (Å²) in [5.74, 6) is 0.916. The number of nitrogens with zero attached hydrogens (tertiary/aromatic N) is 2. The van der Waals surface area contributed by atoms with Gasteiger partial charge in [0.25, 0.3) is 0 Å². The number of imide groups is 1. The summed E-state index contributed by atoms with van der Waals surface area (Å²) in [5.41, 5.74) is 0. The van der Waals surface area contributed by atoms with E-state index >= 15 is 0 Å². The number of likely N-dealkylation sites (tertiary alicyclic amines) is 1. The maximum absolute atomic E-state index is 11.4. The molecule has 1 aliphatic rings. The summed E-state index contributed by atoms with van der Waals surface area (Å²) in [6, 6.07) is 0. The molecule has 0 aliphatic carbocycles. The maximum atomic E-state index is 11.4. The van der Waals surface area contributed by atoms with Crippen LogP contribution in [0, 0.1) is 0 Å². The molecule has 0 bridgehead atoms. The molecule has 1 fully saturated rings. The first-order valence-electron chi connectivity index (χ1n) is 5.10. The van der Waals surface area contributed by atoms with Gasteiger partial charge in [-0.3, -0.25) is 19.4 Å². The van der Waals surface area contributed by atoms with Crippen molar-refractivity contribution in [2.24, 2.45) is 0 Å². The van der Waals surface area contributed by atoms with Gasteiger partial charge in [-0.15, -0.1) is 0 Å². The van der Waals surface area contributed by atoms with Crippen LogP contribution in [0.3, 0.4) is 0 Å². The van der Waals surface area contributed by atoms with Gasteiger partial charge < -0.3 is 0 Å². The summed E-state index contributed by atoms with van der Waals surface area (Å²) in [4.78, 5) is 25.3. The van der Waals surface area contributed by atoms with Crippen LogP contribution >= 0.6 is 0 Å². The number of hydrogen-bond donors (Lipinski definition) is 1. The van der Waals surface area contributed by atoms with Crippen molar-refractivity contribution in [2.75, 3.05) is 34.7 Å². The molecular weight excluding hydrogens is 194 g/mol. The average molecular weight is 213 g/mol. The number of nitrogens with one attached hydrogen (secondary N) is 1. The van der Waals surface area contributed by atoms with Crippen molar-refractivity contribution >= 4 is 17.6 Å². The summed E-state index contributed by atoms with van der Waals surface area (Å²) in [6.07, 6.45) is 0.727. The average Bonchev–Trinajstić information content (AvgIpc) is 2.42. The highest BCUT2D eigenvalue weighted by Crippen LogP contribution is 2.10. The number of carbonyl (C=O) groups excluding carboxylic acids is 2. The standard InChI is InChI=1S/C10H18N3O2/c1-11(2)8(12(3)4)7-13-9(14)5-6-10(13)15/h5-7H2,1-4H3/q+1/p+1. The lowest BCUT2D eigenvalue weighted by molar-refractivity contribution is -0.789. The number of hydrogen-bond acceptors (Lipinski definition) is 2. The summed E-state index contributed by atoms with van der Waals surface area (Å²) in [6.45, 7) is 0.410. The molecule has 0 aromatic carbocycles. The minimum absolute atomic E-state index is 0.0550. The Kier molecular flexibility index (Phi) is 3.57. The van der Waals surface area contributed by atoms with Crippen LogP contribution < -0.4 is 4.90 Å². The Morgan fingerprint density at radius 2 is 1.73 bits per heavy atom. The van der Waals surface area contributed by atoms with Crippen molar-refractivity contribution in [3.05, 3.63) is 0 Å². The van der Waals surface area contributed by atoms with Crippen molar-refractivity contribution in [3.8, 4) is 0 Å². The topological polar surface area (TPSA) is 44.8 Å². The van der Waals surface area contributed by atoms with Crippen LogP contribution in [0.15, 0.2) is 0 Å². The summed E-state index contributed by atoms with van der Waals surface area (Å²) in [7, 11) is 7.82. The molecule has 2 amide bonds. The summed E-state index contributed by atoms with van der Waals surface area (Å²) in [5, 5.41) is 0. The van der Waals surface area contributed by atoms with E-state index in [0.29, 0.717) is 19.4 Å². The van der Waals surface area contributed by atoms with Gasteiger partial charge in [0.2, 0.25) is 11.8 Å². The van der Waals surface area contributed by atoms with Gasteiger partial charge in [-0.1, -0.05) is 0 Å². The largest absolute Gasteiger partial charge is 0.355 e. The number of carbonyl (C=O) groups is 2. The van der Waals surface area contributed by atoms with Gasteiger partial charge in [-0.2, -0.15) is 4.58 Å². The SMILES string of the molecule is C[N+](C)=C(CN1C(=O)CCC1=O)[NH+](C)C. The number of likely N-dealkylation sites (N-methyl/N-ethyl adjacent to an activating group) is 1. The second kappa shape index (κ2) is 4.53. The van der Waals surface area contributed by atoms with E-state index in [-0.39, 0.29) is 11.8 Å². The highest BCUT2D eigenvalue weighted by molar-refractivity contribution is 6.03. The van der Waals surface area contributed by atoms with Crippen molar-refractivity contribution in [2.45, 2.75) is 12.8 Å². The summed E-state index contributed by atoms with van der Waals surface area (Å²) < 4.78 is 1.95. The fourth-order valence-electron chi connectivity index (χ4n) is 1.70. The zero-order valence-electron chi connectivity index (χ0n) is 9.83. The quantitative estimate of drug-likeness (QED) is 0.248. The first-order valence-corrected chi connectivity index (χ1v) is 5.10. The molecule has 0 radical (unpaired) electrons. The van der Waals surface area contributed by atoms with Gasteiger partial charge in [-0.25, -0.2) is 0 Å². The second-order valence-corrected chi connectivity index (χ2v) is 4.21. The Morgan fingerprint density at radius 3 is 2.07 bits per heavy atom. The van der Waals surface area contributed by atoms with Gasteiger partial charge in [0.05, 0.1) is 14.1 Å². The van der Waals surface area contributed by atoms with E-state index in [1.807, 2.05) is 32.8 Å². The minimum Gasteiger partial charge on any atom is -0.274 e. The molecule has 0 atom stereocenters. The third-order valence-corrected chi connectivity index (χ3v) is 2.58. The van der Waals surface area contributed by atoms with Crippen LogP contribution in [0.2, 0.25) is 0 Å². The number of amidine groups is 1. The second-order valence-electron chi connectivity index (χ2n) is 4.21. The molecular formula is C10H19N3O2+2. The zero-order valence-corrected chi connectivity index (χ0v) is 9.83. The van der Waals surface area contributed by atoms with Crippen LogP contribution in [0.1, 0.15) is 12.8 Å². The van der Waals surface area contributed by atoms with Crippen molar-refractivity contribution in [1.29, 1.82) is 0 Å². The van der Waals surface area contributed by atoms with Crippen molar-refractivity contribution in [1.82, 2.24) is 4.90 Å². The molecule has 1 rings (SSSR count). The molecule has 1 aliphatic heterocycles. The van der Waals surface area contributed by atoms with Crippen LogP contribution in [-0.4, -0.2) is 61.9 Å². The predicted octanol–water partition coefficient (Wildman–Crippen LogP) is -2.05. The Hall–Kier alpha value is -1.23. The molecule has 0 unspecified atom stereocenters. The first-order chi connectivity index (χ1) is 6.93. The van der Waals surface area contributed by atoms with Gasteiger partial charge >= 0.3 is 5.84 Å². The molecule has 5 nitrogen and oxygen atoms in total. The van der Waals surface area contributed by atoms with Gasteiger partial charge in [-0.05, 0) is 0 Å². The number of amides is 2. The van der Waals surface area contributed by atoms with Crippen molar-refractivity contribution in [3.63, 3.8) is 0 Å². The fraction of sp³-hybridized carbons (Fsp3) is 0.700. The van der Waals surface area contributed by atoms with E-state index in [1.165, 1.54) is 4.90 Å². The molecule has 1 N–H and O–H groups in total. The maximum Gasteiger partial charge on any atom is 0.355 e. The molecule has 84 valence electrons. The fourth-order valence-corrected chi connectivity index (χ4v) is 1.70. The molecule has 0 aromatic heterocycles. The van der Waals surface area contributed by atoms with Crippen LogP contribution in [0.5, 0.6) is 0 Å². The molecule has 0 aromatic rings. The molecule has 0 saturated carbocycles. The van der Waals surface area contributed by atoms with Gasteiger partial charge in [0, 0.05) is 12.8 Å². The lowest BCUT2D eigenvalue weighted by Crippen LogP contribution is -3.10. The predicted molar refractivity (Wildman–Crippen MR) is 55.9 cm³/mol. The van der Waals surface area contributed by atoms with E-state index in [4.69, 9.17) is 0 Å². The van der Waals surface area contributed by atoms with Crippen molar-refractivity contribution < 1.29 is 19.1 Å². The third kappa shape index (κ3) is 2.62. The monoisotopic (exact) mass is 213 g/mol. The number of rotatable bonds is 2. The molecule has 1 heterocycles. The van der Waals surface area contributed by atoms with E-state index in [2.05, 4.69) is 0 Å². The lowest BCUT2D eigenvalue weighted by atomic mass is 10.4. The van der Waals surface area contributed by atoms with E-state index in [1.54, 1.807) is 0 Å². The zero-order chi connectivity index (χ0) is 11.6. The van der Waals surface area contributed by atoms with Gasteiger partial charge in [0.15, 0.2) is 6.54 Å². The normalized spacial score (nSPS) is 16.5. The van der Waals surface area contributed by atoms with Crippen LogP contribution in [-0.2, 0) is 9.59 Å². The van der Waals surface area contributed by atoms with Gasteiger partial charge in [0.1, 0.15) is 14.1 Å². The van der Waals surface area contributed by atoms with E-state index in [0.717, 1.165) is 10.7 Å². The smallest absolute Gasteiger partial charge is 0.274 e. The Morgan fingerprint density at radius 1 is 1.27 bits per heavy atom. The molecule has 5 heteroatoms. The Labute approximate surface area is 90.0 Å². The Bertz CT molecular complexity index is 301. The summed E-state index contributed by atoms with van der Waals surface area (Å²) >= 11 is 0. The van der Waals surface area contributed by atoms with E-state index in [9.17, 15) is 9.59 Å². The van der Waals surface area contributed by atoms with E-state index < -0.39 is 0 Å². The Balaban J connectivity index is 2.80. The highest BCUT2D eigenvalue weighted by Gasteiger charge is 2.33. The lowest BCUT2D eigenvalue weighted by Gasteiger charge is -2.14. The minimum atomic E-state index is -0.0550. The van der Waals surface area contributed by atoms with Crippen LogP contribution in [0.4, 0.5) is 0 Å². The first kappa shape index (κ1) is 11.8. The molecule has 15 heavy (non-hydrogen) atoms. The molecule has 1 saturated heterocycles. The number of quaternary nitrogens is 1. The van der Waals surface area contributed by atoms with Crippen LogP contribution in [0.25, 0.3) is 0 Å².